The van der Waals surface area contributed by atoms with Crippen molar-refractivity contribution < 1.29 is 9.90 Å². The predicted molar refractivity (Wildman–Crippen MR) is 90.1 cm³/mol. The molecule has 0 aromatic heterocycles. The van der Waals surface area contributed by atoms with Crippen LogP contribution in [0.25, 0.3) is 0 Å². The van der Waals surface area contributed by atoms with Crippen LogP contribution in [0.2, 0.25) is 5.02 Å². The maximum absolute atomic E-state index is 12.6. The van der Waals surface area contributed by atoms with E-state index in [0.29, 0.717) is 16.3 Å². The van der Waals surface area contributed by atoms with Crippen LogP contribution in [0, 0.1) is 0 Å². The first-order valence-electron chi connectivity index (χ1n) is 7.38. The number of halogens is 1. The fourth-order valence-corrected chi connectivity index (χ4v) is 2.89. The Kier molecular flexibility index (Phi) is 4.20. The van der Waals surface area contributed by atoms with Gasteiger partial charge in [0.1, 0.15) is 0 Å². The third-order valence-corrected chi connectivity index (χ3v) is 4.12. The molecule has 2 aromatic carbocycles. The molecule has 1 N–H and O–H groups in total. The van der Waals surface area contributed by atoms with Crippen molar-refractivity contribution in [1.29, 1.82) is 0 Å². The molecule has 0 radical (unpaired) electrons. The smallest absolute Gasteiger partial charge is 0.250 e. The van der Waals surface area contributed by atoms with Crippen LogP contribution in [0.1, 0.15) is 24.5 Å². The average molecular weight is 329 g/mol. The Morgan fingerprint density at radius 3 is 2.52 bits per heavy atom. The molecule has 0 saturated heterocycles. The van der Waals surface area contributed by atoms with E-state index < -0.39 is 5.72 Å². The quantitative estimate of drug-likeness (QED) is 0.939. The van der Waals surface area contributed by atoms with Crippen molar-refractivity contribution in [3.63, 3.8) is 0 Å². The van der Waals surface area contributed by atoms with E-state index in [-0.39, 0.29) is 18.7 Å². The number of hydrazone groups is 1. The van der Waals surface area contributed by atoms with Gasteiger partial charge in [-0.25, -0.2) is 0 Å². The summed E-state index contributed by atoms with van der Waals surface area (Å²) in [5.41, 5.74) is 0.740. The molecule has 4 nitrogen and oxygen atoms in total. The van der Waals surface area contributed by atoms with Gasteiger partial charge in [0.2, 0.25) is 5.91 Å². The lowest BCUT2D eigenvalue weighted by Crippen LogP contribution is -2.44. The maximum Gasteiger partial charge on any atom is 0.250 e. The van der Waals surface area contributed by atoms with E-state index in [1.165, 1.54) is 5.01 Å². The van der Waals surface area contributed by atoms with E-state index in [0.717, 1.165) is 5.56 Å². The second-order valence-electron chi connectivity index (χ2n) is 5.70. The standard InChI is InChI=1S/C18H17ClN2O2/c1-13-12-18(23,15-7-9-16(19)10-8-15)21(20-13)17(22)11-14-5-3-2-4-6-14/h2-10,23H,11-12H2,1H3/t18-/m1/s1. The number of benzene rings is 2. The second kappa shape index (κ2) is 6.14. The van der Waals surface area contributed by atoms with Crippen LogP contribution in [0.15, 0.2) is 59.7 Å². The zero-order valence-electron chi connectivity index (χ0n) is 12.7. The zero-order valence-corrected chi connectivity index (χ0v) is 13.5. The zero-order chi connectivity index (χ0) is 16.4. The molecule has 1 atom stereocenters. The molecule has 1 amide bonds. The van der Waals surface area contributed by atoms with Crippen molar-refractivity contribution in [2.24, 2.45) is 5.10 Å². The van der Waals surface area contributed by atoms with Crippen LogP contribution in [-0.4, -0.2) is 21.7 Å². The molecule has 0 bridgehead atoms. The summed E-state index contributed by atoms with van der Waals surface area (Å²) < 4.78 is 0. The molecule has 0 spiro atoms. The fraction of sp³-hybridized carbons (Fsp3) is 0.222. The lowest BCUT2D eigenvalue weighted by Gasteiger charge is -2.31. The average Bonchev–Trinajstić information content (AvgIpc) is 2.85. The van der Waals surface area contributed by atoms with E-state index in [2.05, 4.69) is 5.10 Å². The van der Waals surface area contributed by atoms with Gasteiger partial charge in [-0.05, 0) is 24.6 Å². The molecule has 5 heteroatoms. The highest BCUT2D eigenvalue weighted by molar-refractivity contribution is 6.30. The van der Waals surface area contributed by atoms with Gasteiger partial charge in [0, 0.05) is 22.7 Å². The van der Waals surface area contributed by atoms with Gasteiger partial charge in [0.15, 0.2) is 5.72 Å². The normalized spacial score (nSPS) is 20.5. The summed E-state index contributed by atoms with van der Waals surface area (Å²) in [6, 6.07) is 16.3. The third-order valence-electron chi connectivity index (χ3n) is 3.86. The molecular formula is C18H17ClN2O2. The van der Waals surface area contributed by atoms with E-state index in [1.54, 1.807) is 31.2 Å². The molecule has 1 aliphatic heterocycles. The minimum atomic E-state index is -1.46. The van der Waals surface area contributed by atoms with Gasteiger partial charge in [-0.15, -0.1) is 0 Å². The van der Waals surface area contributed by atoms with Gasteiger partial charge in [0.05, 0.1) is 6.42 Å². The first kappa shape index (κ1) is 15.7. The highest BCUT2D eigenvalue weighted by atomic mass is 35.5. The lowest BCUT2D eigenvalue weighted by atomic mass is 9.97. The number of nitrogens with zero attached hydrogens (tertiary/aromatic N) is 2. The summed E-state index contributed by atoms with van der Waals surface area (Å²) in [5.74, 6) is -0.245. The van der Waals surface area contributed by atoms with E-state index in [1.807, 2.05) is 30.3 Å². The Hall–Kier alpha value is -2.17. The Morgan fingerprint density at radius 1 is 1.22 bits per heavy atom. The molecule has 0 aliphatic carbocycles. The number of aliphatic hydroxyl groups is 1. The van der Waals surface area contributed by atoms with Crippen LogP contribution in [0.3, 0.4) is 0 Å². The van der Waals surface area contributed by atoms with E-state index in [9.17, 15) is 9.90 Å². The van der Waals surface area contributed by atoms with Crippen LogP contribution >= 0.6 is 11.6 Å². The number of carbonyl (C=O) groups excluding carboxylic acids is 1. The first-order valence-corrected chi connectivity index (χ1v) is 7.76. The summed E-state index contributed by atoms with van der Waals surface area (Å²) in [6.07, 6.45) is 0.475. The SMILES string of the molecule is CC1=NN(C(=O)Cc2ccccc2)[C@](O)(c2ccc(Cl)cc2)C1. The molecule has 1 aliphatic rings. The van der Waals surface area contributed by atoms with Gasteiger partial charge in [-0.1, -0.05) is 54.1 Å². The second-order valence-corrected chi connectivity index (χ2v) is 6.14. The van der Waals surface area contributed by atoms with Crippen molar-refractivity contribution in [2.45, 2.75) is 25.5 Å². The molecule has 0 unspecified atom stereocenters. The molecule has 2 aromatic rings. The summed E-state index contributed by atoms with van der Waals surface area (Å²) >= 11 is 5.91. The number of carbonyl (C=O) groups is 1. The van der Waals surface area contributed by atoms with Gasteiger partial charge in [0.25, 0.3) is 0 Å². The van der Waals surface area contributed by atoms with Crippen LogP contribution in [0.5, 0.6) is 0 Å². The van der Waals surface area contributed by atoms with Crippen molar-refractivity contribution >= 4 is 23.2 Å². The predicted octanol–water partition coefficient (Wildman–Crippen LogP) is 3.34. The number of hydrogen-bond acceptors (Lipinski definition) is 3. The Bertz CT molecular complexity index is 743. The minimum Gasteiger partial charge on any atom is -0.365 e. The van der Waals surface area contributed by atoms with Gasteiger partial charge < -0.3 is 5.11 Å². The van der Waals surface area contributed by atoms with Gasteiger partial charge >= 0.3 is 0 Å². The van der Waals surface area contributed by atoms with Crippen molar-refractivity contribution in [1.82, 2.24) is 5.01 Å². The summed E-state index contributed by atoms with van der Waals surface area (Å²) in [7, 11) is 0. The van der Waals surface area contributed by atoms with Gasteiger partial charge in [-0.3, -0.25) is 4.79 Å². The Morgan fingerprint density at radius 2 is 1.87 bits per heavy atom. The molecule has 1 heterocycles. The topological polar surface area (TPSA) is 52.9 Å². The monoisotopic (exact) mass is 328 g/mol. The first-order chi connectivity index (χ1) is 11.0. The highest BCUT2D eigenvalue weighted by Crippen LogP contribution is 2.36. The summed E-state index contributed by atoms with van der Waals surface area (Å²) in [6.45, 7) is 1.80. The van der Waals surface area contributed by atoms with Gasteiger partial charge in [-0.2, -0.15) is 10.1 Å². The summed E-state index contributed by atoms with van der Waals surface area (Å²) in [4.78, 5) is 12.6. The largest absolute Gasteiger partial charge is 0.365 e. The Labute approximate surface area is 140 Å². The Balaban J connectivity index is 1.89. The number of hydrogen-bond donors (Lipinski definition) is 1. The minimum absolute atomic E-state index is 0.188. The molecule has 0 fully saturated rings. The van der Waals surface area contributed by atoms with Crippen LogP contribution in [0.4, 0.5) is 0 Å². The maximum atomic E-state index is 12.6. The third kappa shape index (κ3) is 3.14. The van der Waals surface area contributed by atoms with Crippen molar-refractivity contribution in [2.75, 3.05) is 0 Å². The molecule has 3 rings (SSSR count). The van der Waals surface area contributed by atoms with E-state index >= 15 is 0 Å². The molecule has 118 valence electrons. The number of rotatable bonds is 3. The fourth-order valence-electron chi connectivity index (χ4n) is 2.77. The lowest BCUT2D eigenvalue weighted by molar-refractivity contribution is -0.157. The molecule has 23 heavy (non-hydrogen) atoms. The van der Waals surface area contributed by atoms with E-state index in [4.69, 9.17) is 11.6 Å². The van der Waals surface area contributed by atoms with Crippen LogP contribution in [-0.2, 0) is 16.9 Å². The highest BCUT2D eigenvalue weighted by Gasteiger charge is 2.44. The number of amides is 1. The summed E-state index contributed by atoms with van der Waals surface area (Å²) in [5, 5.41) is 17.1. The van der Waals surface area contributed by atoms with Crippen LogP contribution < -0.4 is 0 Å². The van der Waals surface area contributed by atoms with Crippen molar-refractivity contribution in [3.05, 3.63) is 70.7 Å². The molecular weight excluding hydrogens is 312 g/mol. The molecule has 0 saturated carbocycles. The van der Waals surface area contributed by atoms with Crippen molar-refractivity contribution in [3.8, 4) is 0 Å².